The van der Waals surface area contributed by atoms with Crippen molar-refractivity contribution in [3.8, 4) is 0 Å². The molecule has 1 aliphatic heterocycles. The number of ether oxygens (including phenoxy) is 5. The van der Waals surface area contributed by atoms with Crippen LogP contribution in [0.2, 0.25) is 5.04 Å². The van der Waals surface area contributed by atoms with E-state index in [0.717, 1.165) is 15.9 Å². The Bertz CT molecular complexity index is 1970. The number of benzene rings is 4. The molecule has 0 spiro atoms. The van der Waals surface area contributed by atoms with Gasteiger partial charge >= 0.3 is 12.2 Å². The summed E-state index contributed by atoms with van der Waals surface area (Å²) in [5.41, 5.74) is -0.482. The molecule has 0 aromatic heterocycles. The van der Waals surface area contributed by atoms with Gasteiger partial charge in [-0.25, -0.2) is 9.59 Å². The van der Waals surface area contributed by atoms with Crippen LogP contribution in [0, 0.1) is 0 Å². The van der Waals surface area contributed by atoms with E-state index in [1.165, 1.54) is 4.90 Å². The van der Waals surface area contributed by atoms with E-state index in [0.29, 0.717) is 5.56 Å². The predicted octanol–water partition coefficient (Wildman–Crippen LogP) is 9.30. The van der Waals surface area contributed by atoms with Gasteiger partial charge in [0, 0.05) is 14.2 Å². The van der Waals surface area contributed by atoms with Crippen LogP contribution in [-0.2, 0) is 28.1 Å². The van der Waals surface area contributed by atoms with Gasteiger partial charge in [-0.15, -0.1) is 0 Å². The Labute approximate surface area is 389 Å². The van der Waals surface area contributed by atoms with Crippen molar-refractivity contribution in [2.45, 2.75) is 142 Å². The molecule has 0 radical (unpaired) electrons. The van der Waals surface area contributed by atoms with E-state index in [4.69, 9.17) is 28.1 Å². The zero-order valence-electron chi connectivity index (χ0n) is 41.4. The second kappa shape index (κ2) is 23.2. The van der Waals surface area contributed by atoms with Gasteiger partial charge in [0.05, 0.1) is 25.3 Å². The number of nitrogens with one attached hydrogen (secondary N) is 1. The molecule has 2 amide bonds. The van der Waals surface area contributed by atoms with Crippen LogP contribution in [0.1, 0.15) is 113 Å². The quantitative estimate of drug-likeness (QED) is 0.0929. The highest BCUT2D eigenvalue weighted by molar-refractivity contribution is 6.99. The Kier molecular flexibility index (Phi) is 19.6. The Morgan fingerprint density at radius 3 is 1.52 bits per heavy atom. The van der Waals surface area contributed by atoms with E-state index < -0.39 is 61.4 Å². The highest BCUT2D eigenvalue weighted by Crippen LogP contribution is 2.42. The van der Waals surface area contributed by atoms with E-state index in [1.807, 2.05) is 166 Å². The zero-order chi connectivity index (χ0) is 48.9. The molecular formula is C52H76N2O10Si. The molecule has 13 heteroatoms. The first kappa shape index (κ1) is 54.7. The van der Waals surface area contributed by atoms with Crippen LogP contribution in [0.15, 0.2) is 121 Å². The number of rotatable bonds is 12. The van der Waals surface area contributed by atoms with E-state index >= 15 is 0 Å². The third-order valence-corrected chi connectivity index (χ3v) is 15.7. The molecule has 1 saturated heterocycles. The molecule has 4 aromatic rings. The van der Waals surface area contributed by atoms with Crippen molar-refractivity contribution in [2.75, 3.05) is 27.4 Å². The van der Waals surface area contributed by atoms with Crippen LogP contribution < -0.4 is 15.7 Å². The molecule has 358 valence electrons. The number of aliphatic hydroxyl groups is 2. The summed E-state index contributed by atoms with van der Waals surface area (Å²) in [7, 11) is 0.369. The van der Waals surface area contributed by atoms with Crippen LogP contribution in [0.3, 0.4) is 0 Å². The lowest BCUT2D eigenvalue weighted by Gasteiger charge is -2.44. The van der Waals surface area contributed by atoms with E-state index in [1.54, 1.807) is 14.2 Å². The summed E-state index contributed by atoms with van der Waals surface area (Å²) < 4.78 is 33.8. The van der Waals surface area contributed by atoms with Gasteiger partial charge in [0.1, 0.15) is 29.1 Å². The maximum atomic E-state index is 12.8. The summed E-state index contributed by atoms with van der Waals surface area (Å²) >= 11 is 0. The molecule has 0 aliphatic carbocycles. The fourth-order valence-electron chi connectivity index (χ4n) is 7.37. The molecule has 1 heterocycles. The molecule has 1 aliphatic rings. The van der Waals surface area contributed by atoms with Crippen LogP contribution >= 0.6 is 0 Å². The first-order valence-electron chi connectivity index (χ1n) is 22.2. The molecule has 0 unspecified atom stereocenters. The summed E-state index contributed by atoms with van der Waals surface area (Å²) in [6.07, 6.45) is -2.42. The van der Waals surface area contributed by atoms with Crippen molar-refractivity contribution in [1.29, 1.82) is 0 Å². The van der Waals surface area contributed by atoms with Crippen molar-refractivity contribution in [2.24, 2.45) is 0 Å². The first-order valence-corrected chi connectivity index (χ1v) is 24.1. The molecule has 65 heavy (non-hydrogen) atoms. The highest BCUT2D eigenvalue weighted by atomic mass is 28.4. The van der Waals surface area contributed by atoms with Gasteiger partial charge in [0.15, 0.2) is 5.79 Å². The summed E-state index contributed by atoms with van der Waals surface area (Å²) in [5.74, 6) is -0.417. The minimum atomic E-state index is -2.86. The molecule has 1 fully saturated rings. The summed E-state index contributed by atoms with van der Waals surface area (Å²) in [4.78, 5) is 26.8. The minimum Gasteiger partial charge on any atom is -0.444 e. The third-order valence-electron chi connectivity index (χ3n) is 10.7. The number of methoxy groups -OCH3 is 2. The van der Waals surface area contributed by atoms with Crippen molar-refractivity contribution < 1.29 is 47.9 Å². The number of hydrogen-bond donors (Lipinski definition) is 3. The second-order valence-corrected chi connectivity index (χ2v) is 24.2. The maximum absolute atomic E-state index is 12.8. The molecule has 0 saturated carbocycles. The first-order chi connectivity index (χ1) is 30.2. The Balaban J connectivity index is 0.000000326. The van der Waals surface area contributed by atoms with Gasteiger partial charge in [-0.2, -0.15) is 0 Å². The number of amides is 2. The zero-order valence-corrected chi connectivity index (χ0v) is 42.4. The smallest absolute Gasteiger partial charge is 0.413 e. The minimum absolute atomic E-state index is 0.114. The van der Waals surface area contributed by atoms with Gasteiger partial charge in [-0.1, -0.05) is 142 Å². The number of carbonyl (C=O) groups is 2. The Morgan fingerprint density at radius 1 is 0.708 bits per heavy atom. The predicted molar refractivity (Wildman–Crippen MR) is 260 cm³/mol. The highest BCUT2D eigenvalue weighted by Gasteiger charge is 2.52. The maximum Gasteiger partial charge on any atom is 0.413 e. The van der Waals surface area contributed by atoms with E-state index in [-0.39, 0.29) is 24.4 Å². The van der Waals surface area contributed by atoms with E-state index in [2.05, 4.69) is 50.4 Å². The fourth-order valence-corrected chi connectivity index (χ4v) is 12.0. The van der Waals surface area contributed by atoms with E-state index in [9.17, 15) is 19.8 Å². The molecule has 12 nitrogen and oxygen atoms in total. The molecular weight excluding hydrogens is 841 g/mol. The summed E-state index contributed by atoms with van der Waals surface area (Å²) in [6, 6.07) is 38.3. The van der Waals surface area contributed by atoms with Crippen LogP contribution in [0.4, 0.5) is 9.59 Å². The summed E-state index contributed by atoms with van der Waals surface area (Å²) in [5, 5.41) is 26.1. The van der Waals surface area contributed by atoms with Gasteiger partial charge in [-0.05, 0) is 95.8 Å². The third kappa shape index (κ3) is 15.8. The van der Waals surface area contributed by atoms with Gasteiger partial charge in [-0.3, -0.25) is 4.90 Å². The Hall–Kier alpha value is -4.60. The van der Waals surface area contributed by atoms with Crippen LogP contribution in [-0.4, -0.2) is 97.8 Å². The van der Waals surface area contributed by atoms with Crippen LogP contribution in [0.25, 0.3) is 0 Å². The lowest BCUT2D eigenvalue weighted by atomic mass is 10.0. The lowest BCUT2D eigenvalue weighted by Crippen LogP contribution is -2.67. The topological polar surface area (TPSA) is 145 Å². The van der Waals surface area contributed by atoms with Crippen molar-refractivity contribution in [3.05, 3.63) is 132 Å². The number of nitrogens with zero attached hydrogens (tertiary/aromatic N) is 1. The summed E-state index contributed by atoms with van der Waals surface area (Å²) in [6.45, 7) is 24.7. The fraction of sp³-hybridized carbons (Fsp3) is 0.500. The van der Waals surface area contributed by atoms with Gasteiger partial charge in [0.25, 0.3) is 8.32 Å². The molecule has 3 N–H and O–H groups in total. The molecule has 0 bridgehead atoms. The number of alkyl carbamates (subject to hydrolysis) is 1. The molecule has 4 aromatic carbocycles. The van der Waals surface area contributed by atoms with Crippen molar-refractivity contribution in [3.63, 3.8) is 0 Å². The number of hydrogen-bond acceptors (Lipinski definition) is 10. The standard InChI is InChI=1S/C30H39NO4Si.C17H25NO4.C5H12O2/c1-29(2,3)35-28(33)31-26(27(32)23-16-10-7-11-17-23)22-34-36(30(4,5)6,24-18-12-8-13-19-24)25-20-14-9-15-21-25;1-16(2,3)22-15(20)18-13(11-19)14(21-17(18,4)5)12-9-7-6-8-10-12;1-5(2,6-3)7-4/h7-21,26-27,32H,22H2,1-6H3,(H,31,33);6-10,13-14,19H,11H2,1-5H3;1-4H3/t26-,27-;13-,14-;/m11./s1. The van der Waals surface area contributed by atoms with Crippen molar-refractivity contribution in [1.82, 2.24) is 10.2 Å². The number of carbonyl (C=O) groups excluding carboxylic acids is 2. The largest absolute Gasteiger partial charge is 0.444 e. The average Bonchev–Trinajstić information content (AvgIpc) is 3.53. The van der Waals surface area contributed by atoms with Crippen LogP contribution in [0.5, 0.6) is 0 Å². The van der Waals surface area contributed by atoms with Gasteiger partial charge < -0.3 is 43.6 Å². The lowest BCUT2D eigenvalue weighted by molar-refractivity contribution is -0.178. The van der Waals surface area contributed by atoms with Crippen molar-refractivity contribution >= 4 is 30.9 Å². The molecule has 4 atom stereocenters. The Morgan fingerprint density at radius 2 is 1.14 bits per heavy atom. The normalized spacial score (nSPS) is 17.3. The SMILES string of the molecule is CC(C)(C)OC(=O)N1[C@H](CO)[C@@H](c2ccccc2)OC1(C)C.CC(C)(C)OC(=O)N[C@H](CO[Si](c1ccccc1)(c1ccccc1)C(C)(C)C)[C@H](O)c1ccccc1.COC(C)(C)OC. The monoisotopic (exact) mass is 917 g/mol. The second-order valence-electron chi connectivity index (χ2n) is 19.9. The molecule has 5 rings (SSSR count). The number of aliphatic hydroxyl groups excluding tert-OH is 2. The van der Waals surface area contributed by atoms with Gasteiger partial charge in [0.2, 0.25) is 0 Å². The average molecular weight is 917 g/mol.